The minimum Gasteiger partial charge on any atom is -0.300 e. The monoisotopic (exact) mass is 294 g/mol. The largest absolute Gasteiger partial charge is 0.450 e. The van der Waals surface area contributed by atoms with Crippen LogP contribution >= 0.6 is 0 Å². The number of alkyl halides is 3. The Bertz CT molecular complexity index is 164. The summed E-state index contributed by atoms with van der Waals surface area (Å²) in [6.07, 6.45) is -5.92. The quantitative estimate of drug-likeness (QED) is 0.715. The second-order valence-corrected chi connectivity index (χ2v) is 1.80. The minimum absolute atomic E-state index is 0. The van der Waals surface area contributed by atoms with Crippen molar-refractivity contribution >= 4 is 11.6 Å². The first-order chi connectivity index (χ1) is 4.34. The summed E-state index contributed by atoms with van der Waals surface area (Å²) >= 11 is 0. The molecular formula is C5H5CeF3O2. The zero-order chi connectivity index (χ0) is 8.36. The van der Waals surface area contributed by atoms with Gasteiger partial charge in [0.15, 0.2) is 0 Å². The zero-order valence-corrected chi connectivity index (χ0v) is 8.80. The van der Waals surface area contributed by atoms with E-state index in [9.17, 15) is 22.8 Å². The van der Waals surface area contributed by atoms with E-state index in [-0.39, 0.29) is 41.7 Å². The fraction of sp³-hybridized carbons (Fsp3) is 0.600. The van der Waals surface area contributed by atoms with Crippen LogP contribution in [0.5, 0.6) is 0 Å². The molecule has 0 heterocycles. The van der Waals surface area contributed by atoms with Crippen LogP contribution in [-0.2, 0) is 9.59 Å². The number of hydrogen-bond donors (Lipinski definition) is 0. The van der Waals surface area contributed by atoms with Crippen molar-refractivity contribution in [3.05, 3.63) is 0 Å². The number of carbonyl (C=O) groups is 2. The molecule has 0 aliphatic rings. The summed E-state index contributed by atoms with van der Waals surface area (Å²) in [6, 6.07) is 0. The molecule has 0 aromatic heterocycles. The summed E-state index contributed by atoms with van der Waals surface area (Å²) in [5, 5.41) is 0. The second kappa shape index (κ2) is 5.21. The minimum atomic E-state index is -4.87. The van der Waals surface area contributed by atoms with Crippen LogP contribution < -0.4 is 0 Å². The average molecular weight is 294 g/mol. The van der Waals surface area contributed by atoms with Crippen LogP contribution in [0.4, 0.5) is 13.2 Å². The maximum atomic E-state index is 11.3. The summed E-state index contributed by atoms with van der Waals surface area (Å²) in [5.41, 5.74) is 0. The van der Waals surface area contributed by atoms with Gasteiger partial charge in [-0.15, -0.1) is 0 Å². The Morgan fingerprint density at radius 3 is 1.73 bits per heavy atom. The summed E-state index contributed by atoms with van der Waals surface area (Å²) in [6.45, 7) is 0.934. The van der Waals surface area contributed by atoms with Gasteiger partial charge in [0, 0.05) is 41.7 Å². The van der Waals surface area contributed by atoms with E-state index in [0.29, 0.717) is 0 Å². The SMILES string of the molecule is CC(=O)CC(=O)C(F)(F)F.[Ce]. The van der Waals surface area contributed by atoms with Crippen LogP contribution in [0.3, 0.4) is 0 Å². The third kappa shape index (κ3) is 6.89. The van der Waals surface area contributed by atoms with Crippen LogP contribution in [0.15, 0.2) is 0 Å². The van der Waals surface area contributed by atoms with Crippen LogP contribution in [0.1, 0.15) is 13.3 Å². The molecule has 2 nitrogen and oxygen atoms in total. The molecule has 0 radical (unpaired) electrons. The van der Waals surface area contributed by atoms with Crippen LogP contribution in [0.25, 0.3) is 0 Å². The molecule has 0 bridgehead atoms. The summed E-state index contributed by atoms with van der Waals surface area (Å²) < 4.78 is 33.9. The Balaban J connectivity index is 0. The first-order valence-electron chi connectivity index (χ1n) is 2.43. The van der Waals surface area contributed by atoms with Gasteiger partial charge in [0.2, 0.25) is 5.78 Å². The molecule has 62 valence electrons. The molecule has 0 rings (SSSR count). The van der Waals surface area contributed by atoms with E-state index in [1.165, 1.54) is 0 Å². The van der Waals surface area contributed by atoms with E-state index in [1.807, 2.05) is 0 Å². The van der Waals surface area contributed by atoms with E-state index in [2.05, 4.69) is 0 Å². The maximum Gasteiger partial charge on any atom is 0.450 e. The Morgan fingerprint density at radius 1 is 1.27 bits per heavy atom. The van der Waals surface area contributed by atoms with E-state index in [1.54, 1.807) is 0 Å². The van der Waals surface area contributed by atoms with E-state index in [4.69, 9.17) is 0 Å². The molecule has 0 spiro atoms. The topological polar surface area (TPSA) is 34.1 Å². The van der Waals surface area contributed by atoms with Crippen molar-refractivity contribution < 1.29 is 64.5 Å². The van der Waals surface area contributed by atoms with Crippen molar-refractivity contribution in [2.45, 2.75) is 19.5 Å². The Hall–Kier alpha value is 0.507. The van der Waals surface area contributed by atoms with Gasteiger partial charge in [0.25, 0.3) is 0 Å². The van der Waals surface area contributed by atoms with Crippen molar-refractivity contribution in [2.75, 3.05) is 0 Å². The molecule has 0 saturated heterocycles. The van der Waals surface area contributed by atoms with Crippen LogP contribution in [0.2, 0.25) is 0 Å². The predicted octanol–water partition coefficient (Wildman–Crippen LogP) is 1.10. The molecule has 0 aromatic rings. The molecule has 0 aromatic carbocycles. The maximum absolute atomic E-state index is 11.3. The summed E-state index contributed by atoms with van der Waals surface area (Å²) in [7, 11) is 0. The van der Waals surface area contributed by atoms with E-state index < -0.39 is 24.2 Å². The van der Waals surface area contributed by atoms with Gasteiger partial charge in [0.1, 0.15) is 5.78 Å². The number of carbonyl (C=O) groups excluding carboxylic acids is 2. The van der Waals surface area contributed by atoms with Crippen molar-refractivity contribution in [3.63, 3.8) is 0 Å². The molecule has 0 aliphatic heterocycles. The van der Waals surface area contributed by atoms with E-state index in [0.717, 1.165) is 6.92 Å². The van der Waals surface area contributed by atoms with Crippen molar-refractivity contribution in [3.8, 4) is 0 Å². The van der Waals surface area contributed by atoms with Crippen molar-refractivity contribution in [1.82, 2.24) is 0 Å². The first-order valence-corrected chi connectivity index (χ1v) is 2.43. The van der Waals surface area contributed by atoms with Gasteiger partial charge in [-0.25, -0.2) is 0 Å². The number of rotatable bonds is 2. The Kier molecular flexibility index (Phi) is 6.65. The fourth-order valence-electron chi connectivity index (χ4n) is 0.326. The molecule has 11 heavy (non-hydrogen) atoms. The van der Waals surface area contributed by atoms with Gasteiger partial charge in [-0.2, -0.15) is 13.2 Å². The standard InChI is InChI=1S/C5H5F3O2.Ce/c1-3(9)2-4(10)5(6,7)8;/h2H2,1H3;. The number of Topliss-reactive ketones (excluding diaryl/α,β-unsaturated/α-hetero) is 2. The first kappa shape index (κ1) is 14.1. The number of hydrogen-bond acceptors (Lipinski definition) is 2. The van der Waals surface area contributed by atoms with Crippen molar-refractivity contribution in [2.24, 2.45) is 0 Å². The van der Waals surface area contributed by atoms with Gasteiger partial charge >= 0.3 is 6.18 Å². The Labute approximate surface area is 94.9 Å². The molecule has 0 N–H and O–H groups in total. The molecule has 0 atom stereocenters. The summed E-state index contributed by atoms with van der Waals surface area (Å²) in [4.78, 5) is 19.9. The second-order valence-electron chi connectivity index (χ2n) is 1.80. The Morgan fingerprint density at radius 2 is 1.64 bits per heavy atom. The molecule has 0 amide bonds. The van der Waals surface area contributed by atoms with Gasteiger partial charge in [-0.05, 0) is 6.92 Å². The van der Waals surface area contributed by atoms with Crippen LogP contribution in [0, 0.1) is 41.7 Å². The molecule has 0 saturated carbocycles. The third-order valence-corrected chi connectivity index (χ3v) is 0.726. The predicted molar refractivity (Wildman–Crippen MR) is 26.4 cm³/mol. The third-order valence-electron chi connectivity index (χ3n) is 0.726. The molecule has 0 fully saturated rings. The number of ketones is 2. The number of halogens is 3. The average Bonchev–Trinajstić information content (AvgIpc) is 1.60. The van der Waals surface area contributed by atoms with E-state index >= 15 is 0 Å². The molecule has 6 heteroatoms. The molecule has 0 unspecified atom stereocenters. The van der Waals surface area contributed by atoms with Crippen LogP contribution in [-0.4, -0.2) is 17.7 Å². The smallest absolute Gasteiger partial charge is 0.300 e. The fourth-order valence-corrected chi connectivity index (χ4v) is 0.326. The molecule has 0 aliphatic carbocycles. The van der Waals surface area contributed by atoms with Gasteiger partial charge in [-0.3, -0.25) is 9.59 Å². The summed E-state index contributed by atoms with van der Waals surface area (Å²) in [5.74, 6) is -2.76. The molecular weight excluding hydrogens is 289 g/mol. The van der Waals surface area contributed by atoms with Gasteiger partial charge in [0.05, 0.1) is 6.42 Å². The normalized spacial score (nSPS) is 10.2. The van der Waals surface area contributed by atoms with Gasteiger partial charge < -0.3 is 0 Å². The van der Waals surface area contributed by atoms with Crippen molar-refractivity contribution in [1.29, 1.82) is 0 Å². The zero-order valence-electron chi connectivity index (χ0n) is 5.66. The van der Waals surface area contributed by atoms with Gasteiger partial charge in [-0.1, -0.05) is 0 Å².